The third kappa shape index (κ3) is 3.61. The summed E-state index contributed by atoms with van der Waals surface area (Å²) in [6.07, 6.45) is 0.801. The van der Waals surface area contributed by atoms with E-state index in [2.05, 4.69) is 11.8 Å². The Morgan fingerprint density at radius 3 is 2.38 bits per heavy atom. The van der Waals surface area contributed by atoms with Crippen molar-refractivity contribution in [2.24, 2.45) is 5.73 Å². The van der Waals surface area contributed by atoms with Gasteiger partial charge in [0, 0.05) is 39.4 Å². The van der Waals surface area contributed by atoms with Crippen molar-refractivity contribution < 1.29 is 13.9 Å². The number of methoxy groups -OCH3 is 2. The predicted octanol–water partition coefficient (Wildman–Crippen LogP) is 1.43. The maximum Gasteiger partial charge on any atom is 0.123 e. The van der Waals surface area contributed by atoms with Crippen molar-refractivity contribution >= 4 is 0 Å². The first-order chi connectivity index (χ1) is 10.0. The van der Waals surface area contributed by atoms with Crippen molar-refractivity contribution in [3.63, 3.8) is 0 Å². The van der Waals surface area contributed by atoms with E-state index in [0.29, 0.717) is 13.0 Å². The average Bonchev–Trinajstić information content (AvgIpc) is 2.91. The maximum absolute atomic E-state index is 13.4. The molecule has 2 N–H and O–H groups in total. The first-order valence-corrected chi connectivity index (χ1v) is 7.27. The molecule has 2 rings (SSSR count). The second-order valence-electron chi connectivity index (χ2n) is 5.96. The normalized spacial score (nSPS) is 26.0. The van der Waals surface area contributed by atoms with Gasteiger partial charge < -0.3 is 15.2 Å². The van der Waals surface area contributed by atoms with Crippen molar-refractivity contribution in [2.75, 3.05) is 33.9 Å². The van der Waals surface area contributed by atoms with E-state index in [0.717, 1.165) is 18.7 Å². The lowest BCUT2D eigenvalue weighted by molar-refractivity contribution is -0.00461. The second kappa shape index (κ2) is 6.83. The molecule has 4 nitrogen and oxygen atoms in total. The molecule has 1 aliphatic heterocycles. The van der Waals surface area contributed by atoms with Gasteiger partial charge in [0.1, 0.15) is 5.82 Å². The number of ether oxygens (including phenoxy) is 2. The van der Waals surface area contributed by atoms with Crippen molar-refractivity contribution in [1.29, 1.82) is 0 Å². The summed E-state index contributed by atoms with van der Waals surface area (Å²) in [5.41, 5.74) is 6.75. The zero-order chi connectivity index (χ0) is 15.5. The standard InChI is InChI=1S/C16H25FN2O2/c1-16(11-18,8-12-5-4-6-13(17)7-12)19-9-14(20-2)15(10-19)21-3/h4-7,14-15H,8-11,18H2,1-3H3. The van der Waals surface area contributed by atoms with Gasteiger partial charge in [0.2, 0.25) is 0 Å². The molecule has 1 aromatic rings. The van der Waals surface area contributed by atoms with Gasteiger partial charge in [0.05, 0.1) is 12.2 Å². The highest BCUT2D eigenvalue weighted by Crippen LogP contribution is 2.27. The molecule has 1 heterocycles. The first kappa shape index (κ1) is 16.4. The Balaban J connectivity index is 2.14. The molecule has 0 aliphatic carbocycles. The van der Waals surface area contributed by atoms with Gasteiger partial charge in [-0.2, -0.15) is 0 Å². The van der Waals surface area contributed by atoms with Crippen LogP contribution < -0.4 is 5.73 Å². The number of likely N-dealkylation sites (tertiary alicyclic amines) is 1. The molecule has 3 atom stereocenters. The highest BCUT2D eigenvalue weighted by atomic mass is 19.1. The van der Waals surface area contributed by atoms with E-state index in [1.165, 1.54) is 6.07 Å². The summed E-state index contributed by atoms with van der Waals surface area (Å²) >= 11 is 0. The summed E-state index contributed by atoms with van der Waals surface area (Å²) in [7, 11) is 3.40. The zero-order valence-corrected chi connectivity index (χ0v) is 13.0. The fourth-order valence-corrected chi connectivity index (χ4v) is 3.04. The molecule has 0 aromatic heterocycles. The minimum absolute atomic E-state index is 0.0494. The molecule has 21 heavy (non-hydrogen) atoms. The molecular formula is C16H25FN2O2. The van der Waals surface area contributed by atoms with Crippen LogP contribution in [-0.2, 0) is 15.9 Å². The Labute approximate surface area is 126 Å². The lowest BCUT2D eigenvalue weighted by Gasteiger charge is -2.38. The number of benzene rings is 1. The van der Waals surface area contributed by atoms with Crippen molar-refractivity contribution in [3.05, 3.63) is 35.6 Å². The largest absolute Gasteiger partial charge is 0.377 e. The number of hydrogen-bond acceptors (Lipinski definition) is 4. The van der Waals surface area contributed by atoms with Crippen molar-refractivity contribution in [2.45, 2.75) is 31.1 Å². The monoisotopic (exact) mass is 296 g/mol. The van der Waals surface area contributed by atoms with Gasteiger partial charge >= 0.3 is 0 Å². The molecule has 1 aliphatic rings. The predicted molar refractivity (Wildman–Crippen MR) is 80.7 cm³/mol. The highest BCUT2D eigenvalue weighted by Gasteiger charge is 2.41. The molecule has 1 aromatic carbocycles. The highest BCUT2D eigenvalue weighted by molar-refractivity contribution is 5.19. The molecule has 0 spiro atoms. The van der Waals surface area contributed by atoms with Crippen LogP contribution in [0.2, 0.25) is 0 Å². The first-order valence-electron chi connectivity index (χ1n) is 7.27. The summed E-state index contributed by atoms with van der Waals surface area (Å²) in [6.45, 7) is 4.16. The summed E-state index contributed by atoms with van der Waals surface area (Å²) in [5.74, 6) is -0.210. The van der Waals surface area contributed by atoms with Gasteiger partial charge in [-0.25, -0.2) is 4.39 Å². The Morgan fingerprint density at radius 1 is 1.29 bits per heavy atom. The average molecular weight is 296 g/mol. The molecule has 118 valence electrons. The Morgan fingerprint density at radius 2 is 1.90 bits per heavy atom. The summed E-state index contributed by atoms with van der Waals surface area (Å²) in [4.78, 5) is 2.29. The number of hydrogen-bond donors (Lipinski definition) is 1. The second-order valence-corrected chi connectivity index (χ2v) is 5.96. The smallest absolute Gasteiger partial charge is 0.123 e. The molecule has 0 radical (unpaired) electrons. The van der Waals surface area contributed by atoms with E-state index < -0.39 is 0 Å². The molecule has 0 bridgehead atoms. The molecule has 5 heteroatoms. The number of nitrogens with zero attached hydrogens (tertiary/aromatic N) is 1. The lowest BCUT2D eigenvalue weighted by atomic mass is 9.91. The molecular weight excluding hydrogens is 271 g/mol. The van der Waals surface area contributed by atoms with Crippen LogP contribution in [0.25, 0.3) is 0 Å². The fraction of sp³-hybridized carbons (Fsp3) is 0.625. The Hall–Kier alpha value is -1.01. The number of halogens is 1. The van der Waals surface area contributed by atoms with Crippen LogP contribution in [0.3, 0.4) is 0 Å². The van der Waals surface area contributed by atoms with Crippen LogP contribution >= 0.6 is 0 Å². The summed E-state index contributed by atoms with van der Waals surface area (Å²) in [6, 6.07) is 6.71. The molecule has 1 fully saturated rings. The van der Waals surface area contributed by atoms with Crippen molar-refractivity contribution in [3.8, 4) is 0 Å². The van der Waals surface area contributed by atoms with E-state index >= 15 is 0 Å². The van der Waals surface area contributed by atoms with E-state index in [1.807, 2.05) is 6.07 Å². The van der Waals surface area contributed by atoms with Crippen molar-refractivity contribution in [1.82, 2.24) is 4.90 Å². The van der Waals surface area contributed by atoms with Crippen LogP contribution in [0.15, 0.2) is 24.3 Å². The van der Waals surface area contributed by atoms with E-state index in [1.54, 1.807) is 26.4 Å². The minimum atomic E-state index is -0.238. The van der Waals surface area contributed by atoms with Crippen LogP contribution in [0.1, 0.15) is 12.5 Å². The van der Waals surface area contributed by atoms with Gasteiger partial charge in [0.15, 0.2) is 0 Å². The van der Waals surface area contributed by atoms with Crippen LogP contribution in [0.5, 0.6) is 0 Å². The third-order valence-electron chi connectivity index (χ3n) is 4.50. The van der Waals surface area contributed by atoms with Gasteiger partial charge in [-0.3, -0.25) is 4.90 Å². The van der Waals surface area contributed by atoms with Crippen LogP contribution in [0, 0.1) is 5.82 Å². The SMILES string of the molecule is COC1CN(C(C)(CN)Cc2cccc(F)c2)CC1OC. The van der Waals surface area contributed by atoms with Gasteiger partial charge in [-0.05, 0) is 31.0 Å². The van der Waals surface area contributed by atoms with E-state index in [9.17, 15) is 4.39 Å². The fourth-order valence-electron chi connectivity index (χ4n) is 3.04. The Kier molecular flexibility index (Phi) is 5.32. The third-order valence-corrected chi connectivity index (χ3v) is 4.50. The minimum Gasteiger partial charge on any atom is -0.377 e. The van der Waals surface area contributed by atoms with E-state index in [-0.39, 0.29) is 23.6 Å². The summed E-state index contributed by atoms with van der Waals surface area (Å²) < 4.78 is 24.3. The maximum atomic E-state index is 13.4. The molecule has 1 saturated heterocycles. The molecule has 3 unspecified atom stereocenters. The zero-order valence-electron chi connectivity index (χ0n) is 13.0. The number of rotatable bonds is 6. The summed E-state index contributed by atoms with van der Waals surface area (Å²) in [5, 5.41) is 0. The van der Waals surface area contributed by atoms with Crippen LogP contribution in [0.4, 0.5) is 4.39 Å². The quantitative estimate of drug-likeness (QED) is 0.863. The topological polar surface area (TPSA) is 47.7 Å². The van der Waals surface area contributed by atoms with Gasteiger partial charge in [0.25, 0.3) is 0 Å². The lowest BCUT2D eigenvalue weighted by Crippen LogP contribution is -2.52. The number of nitrogens with two attached hydrogens (primary N) is 1. The molecule has 0 amide bonds. The Bertz CT molecular complexity index is 459. The van der Waals surface area contributed by atoms with Gasteiger partial charge in [-0.1, -0.05) is 12.1 Å². The van der Waals surface area contributed by atoms with Crippen LogP contribution in [-0.4, -0.2) is 56.5 Å². The van der Waals surface area contributed by atoms with E-state index in [4.69, 9.17) is 15.2 Å². The molecule has 0 saturated carbocycles. The van der Waals surface area contributed by atoms with Gasteiger partial charge in [-0.15, -0.1) is 0 Å².